The van der Waals surface area contributed by atoms with E-state index in [1.807, 2.05) is 0 Å². The molecule has 4 nitrogen and oxygen atoms in total. The minimum Gasteiger partial charge on any atom is -0.388 e. The zero-order valence-corrected chi connectivity index (χ0v) is 8.88. The summed E-state index contributed by atoms with van der Waals surface area (Å²) in [4.78, 5) is 11.1. The highest BCUT2D eigenvalue weighted by molar-refractivity contribution is 5.80. The molecule has 0 unspecified atom stereocenters. The second-order valence-corrected chi connectivity index (χ2v) is 4.35. The number of amides is 1. The van der Waals surface area contributed by atoms with E-state index in [1.54, 1.807) is 27.7 Å². The Kier molecular flexibility index (Phi) is 3.47. The molecule has 78 valence electrons. The fourth-order valence-electron chi connectivity index (χ4n) is 0.565. The maximum Gasteiger partial charge on any atom is 0.249 e. The van der Waals surface area contributed by atoms with E-state index < -0.39 is 23.2 Å². The van der Waals surface area contributed by atoms with Gasteiger partial charge in [0, 0.05) is 0 Å². The monoisotopic (exact) mass is 189 g/mol. The average Bonchev–Trinajstić information content (AvgIpc) is 1.83. The SMILES string of the molecule is C[C@@H](O)C(=O)NC(C)(C)C(C)(C)O. The van der Waals surface area contributed by atoms with Crippen LogP contribution in [0.2, 0.25) is 0 Å². The molecule has 0 saturated carbocycles. The van der Waals surface area contributed by atoms with Crippen LogP contribution in [0.3, 0.4) is 0 Å². The summed E-state index contributed by atoms with van der Waals surface area (Å²) in [7, 11) is 0. The van der Waals surface area contributed by atoms with Crippen molar-refractivity contribution in [1.29, 1.82) is 0 Å². The van der Waals surface area contributed by atoms with Gasteiger partial charge in [0.15, 0.2) is 0 Å². The molecule has 0 fully saturated rings. The third-order valence-electron chi connectivity index (χ3n) is 2.34. The van der Waals surface area contributed by atoms with Gasteiger partial charge in [-0.25, -0.2) is 0 Å². The first-order valence-electron chi connectivity index (χ1n) is 4.30. The molecular weight excluding hydrogens is 170 g/mol. The van der Waals surface area contributed by atoms with E-state index in [1.165, 1.54) is 6.92 Å². The summed E-state index contributed by atoms with van der Waals surface area (Å²) in [5.74, 6) is -0.480. The largest absolute Gasteiger partial charge is 0.388 e. The maximum atomic E-state index is 11.1. The summed E-state index contributed by atoms with van der Waals surface area (Å²) < 4.78 is 0. The first kappa shape index (κ1) is 12.4. The minimum absolute atomic E-state index is 0.480. The summed E-state index contributed by atoms with van der Waals surface area (Å²) in [6, 6.07) is 0. The van der Waals surface area contributed by atoms with E-state index in [9.17, 15) is 9.90 Å². The number of rotatable bonds is 3. The number of nitrogens with one attached hydrogen (secondary N) is 1. The fourth-order valence-corrected chi connectivity index (χ4v) is 0.565. The minimum atomic E-state index is -1.05. The van der Waals surface area contributed by atoms with Crippen LogP contribution in [-0.4, -0.2) is 33.4 Å². The zero-order valence-electron chi connectivity index (χ0n) is 8.88. The maximum absolute atomic E-state index is 11.1. The molecule has 0 aliphatic heterocycles. The Morgan fingerprint density at radius 2 is 1.69 bits per heavy atom. The molecule has 4 heteroatoms. The zero-order chi connectivity index (χ0) is 10.9. The number of hydrogen-bond donors (Lipinski definition) is 3. The Labute approximate surface area is 79.0 Å². The molecule has 1 atom stereocenters. The van der Waals surface area contributed by atoms with Gasteiger partial charge in [0.25, 0.3) is 0 Å². The van der Waals surface area contributed by atoms with Crippen LogP contribution in [0.25, 0.3) is 0 Å². The van der Waals surface area contributed by atoms with Crippen LogP contribution in [-0.2, 0) is 4.79 Å². The van der Waals surface area contributed by atoms with Crippen molar-refractivity contribution < 1.29 is 15.0 Å². The van der Waals surface area contributed by atoms with E-state index in [2.05, 4.69) is 5.32 Å². The van der Waals surface area contributed by atoms with Gasteiger partial charge in [0.2, 0.25) is 5.91 Å². The Morgan fingerprint density at radius 1 is 1.31 bits per heavy atom. The van der Waals surface area contributed by atoms with Gasteiger partial charge in [-0.3, -0.25) is 4.79 Å². The molecule has 0 aromatic rings. The molecule has 0 rings (SSSR count). The van der Waals surface area contributed by atoms with E-state index in [-0.39, 0.29) is 0 Å². The van der Waals surface area contributed by atoms with Crippen LogP contribution in [0.5, 0.6) is 0 Å². The Bertz CT molecular complexity index is 192. The van der Waals surface area contributed by atoms with Crippen LogP contribution in [0.1, 0.15) is 34.6 Å². The normalized spacial score (nSPS) is 15.3. The molecule has 0 aliphatic carbocycles. The quantitative estimate of drug-likeness (QED) is 0.587. The van der Waals surface area contributed by atoms with Crippen molar-refractivity contribution in [3.63, 3.8) is 0 Å². The van der Waals surface area contributed by atoms with Gasteiger partial charge in [-0.05, 0) is 34.6 Å². The first-order chi connectivity index (χ1) is 5.58. The van der Waals surface area contributed by atoms with Gasteiger partial charge in [-0.2, -0.15) is 0 Å². The topological polar surface area (TPSA) is 69.6 Å². The smallest absolute Gasteiger partial charge is 0.249 e. The van der Waals surface area contributed by atoms with E-state index in [4.69, 9.17) is 5.11 Å². The summed E-state index contributed by atoms with van der Waals surface area (Å²) in [5, 5.41) is 21.2. The van der Waals surface area contributed by atoms with E-state index >= 15 is 0 Å². The molecule has 13 heavy (non-hydrogen) atoms. The predicted molar refractivity (Wildman–Crippen MR) is 50.2 cm³/mol. The molecule has 0 aliphatic rings. The Morgan fingerprint density at radius 3 is 1.92 bits per heavy atom. The Balaban J connectivity index is 4.44. The van der Waals surface area contributed by atoms with E-state index in [0.717, 1.165) is 0 Å². The highest BCUT2D eigenvalue weighted by atomic mass is 16.3. The molecular formula is C9H19NO3. The van der Waals surface area contributed by atoms with E-state index in [0.29, 0.717) is 0 Å². The van der Waals surface area contributed by atoms with Gasteiger partial charge in [0.05, 0.1) is 11.1 Å². The van der Waals surface area contributed by atoms with Crippen LogP contribution in [0.15, 0.2) is 0 Å². The molecule has 0 heterocycles. The molecule has 0 bridgehead atoms. The molecule has 1 amide bonds. The van der Waals surface area contributed by atoms with Crippen LogP contribution in [0.4, 0.5) is 0 Å². The summed E-state index contributed by atoms with van der Waals surface area (Å²) in [6.07, 6.45) is -1.05. The fraction of sp³-hybridized carbons (Fsp3) is 0.889. The van der Waals surface area contributed by atoms with Crippen molar-refractivity contribution in [1.82, 2.24) is 5.32 Å². The number of aliphatic hydroxyl groups excluding tert-OH is 1. The Hall–Kier alpha value is -0.610. The second kappa shape index (κ2) is 3.64. The number of carbonyl (C=O) groups excluding carboxylic acids is 1. The predicted octanol–water partition coefficient (Wildman–Crippen LogP) is 0.0329. The van der Waals surface area contributed by atoms with Crippen molar-refractivity contribution in [2.24, 2.45) is 0 Å². The highest BCUT2D eigenvalue weighted by Crippen LogP contribution is 2.20. The van der Waals surface area contributed by atoms with Crippen LogP contribution < -0.4 is 5.32 Å². The summed E-state index contributed by atoms with van der Waals surface area (Å²) in [5.41, 5.74) is -1.79. The number of hydrogen-bond acceptors (Lipinski definition) is 3. The number of carbonyl (C=O) groups is 1. The van der Waals surface area contributed by atoms with Crippen molar-refractivity contribution in [2.75, 3.05) is 0 Å². The molecule has 0 spiro atoms. The van der Waals surface area contributed by atoms with Crippen LogP contribution >= 0.6 is 0 Å². The molecule has 0 radical (unpaired) electrons. The highest BCUT2D eigenvalue weighted by Gasteiger charge is 2.36. The van der Waals surface area contributed by atoms with Gasteiger partial charge >= 0.3 is 0 Å². The number of aliphatic hydroxyl groups is 2. The molecule has 0 aromatic heterocycles. The lowest BCUT2D eigenvalue weighted by molar-refractivity contribution is -0.133. The van der Waals surface area contributed by atoms with Crippen LogP contribution in [0, 0.1) is 0 Å². The second-order valence-electron chi connectivity index (χ2n) is 4.35. The first-order valence-corrected chi connectivity index (χ1v) is 4.30. The average molecular weight is 189 g/mol. The lowest BCUT2D eigenvalue weighted by Crippen LogP contribution is -2.59. The van der Waals surface area contributed by atoms with Gasteiger partial charge < -0.3 is 15.5 Å². The summed E-state index contributed by atoms with van der Waals surface area (Å²) >= 11 is 0. The summed E-state index contributed by atoms with van der Waals surface area (Å²) in [6.45, 7) is 8.00. The third kappa shape index (κ3) is 3.32. The van der Waals surface area contributed by atoms with Crippen molar-refractivity contribution in [3.05, 3.63) is 0 Å². The standard InChI is InChI=1S/C9H19NO3/c1-6(11)7(12)10-8(2,3)9(4,5)13/h6,11,13H,1-5H3,(H,10,12)/t6-/m1/s1. The van der Waals surface area contributed by atoms with Gasteiger partial charge in [0.1, 0.15) is 6.10 Å². The van der Waals surface area contributed by atoms with Crippen molar-refractivity contribution in [2.45, 2.75) is 51.9 Å². The molecule has 0 saturated heterocycles. The van der Waals surface area contributed by atoms with Crippen molar-refractivity contribution >= 4 is 5.91 Å². The lowest BCUT2D eigenvalue weighted by atomic mass is 9.86. The lowest BCUT2D eigenvalue weighted by Gasteiger charge is -2.38. The van der Waals surface area contributed by atoms with Gasteiger partial charge in [-0.1, -0.05) is 0 Å². The molecule has 3 N–H and O–H groups in total. The molecule has 0 aromatic carbocycles. The third-order valence-corrected chi connectivity index (χ3v) is 2.34. The van der Waals surface area contributed by atoms with Gasteiger partial charge in [-0.15, -0.1) is 0 Å². The van der Waals surface area contributed by atoms with Crippen molar-refractivity contribution in [3.8, 4) is 0 Å².